The minimum absolute atomic E-state index is 0.168. The van der Waals surface area contributed by atoms with Crippen LogP contribution in [0.5, 0.6) is 11.5 Å². The number of ether oxygens (including phenoxy) is 2. The number of likely N-dealkylation sites (N-methyl/N-ethyl adjacent to an activating group) is 1. The first-order valence-corrected chi connectivity index (χ1v) is 8.86. The summed E-state index contributed by atoms with van der Waals surface area (Å²) in [5.41, 5.74) is 1.92. The summed E-state index contributed by atoms with van der Waals surface area (Å²) in [5, 5.41) is 12.4. The van der Waals surface area contributed by atoms with Crippen LogP contribution in [0.25, 0.3) is 0 Å². The molecule has 0 fully saturated rings. The van der Waals surface area contributed by atoms with Gasteiger partial charge in [-0.15, -0.1) is 0 Å². The molecule has 0 saturated carbocycles. The Kier molecular flexibility index (Phi) is 7.47. The number of quaternary nitrogens is 1. The summed E-state index contributed by atoms with van der Waals surface area (Å²) in [7, 11) is 5.16. The molecular weight excluding hydrogens is 366 g/mol. The summed E-state index contributed by atoms with van der Waals surface area (Å²) in [4.78, 5) is 13.3. The maximum absolute atomic E-state index is 12.3. The van der Waals surface area contributed by atoms with Crippen LogP contribution in [0.3, 0.4) is 0 Å². The molecule has 2 rings (SSSR count). The number of carbonyl (C=O) groups excluding carboxylic acids is 1. The summed E-state index contributed by atoms with van der Waals surface area (Å²) in [6.07, 6.45) is 0.792. The van der Waals surface area contributed by atoms with Gasteiger partial charge in [0.25, 0.3) is 5.91 Å². The van der Waals surface area contributed by atoms with Gasteiger partial charge in [-0.3, -0.25) is 4.79 Å². The molecule has 0 aliphatic carbocycles. The Labute approximate surface area is 164 Å². The monoisotopic (exact) mass is 388 g/mol. The van der Waals surface area contributed by atoms with Crippen molar-refractivity contribution in [3.63, 3.8) is 0 Å². The molecule has 0 bridgehead atoms. The van der Waals surface area contributed by atoms with Crippen molar-refractivity contribution < 1.29 is 19.2 Å². The van der Waals surface area contributed by atoms with Crippen LogP contribution in [-0.2, 0) is 11.2 Å². The Morgan fingerprint density at radius 1 is 1.19 bits per heavy atom. The van der Waals surface area contributed by atoms with E-state index in [0.717, 1.165) is 23.4 Å². The number of methoxy groups -OCH3 is 2. The SMILES string of the molecule is COc1ccc(CC[NH+](C)CC(=O)Nc2cc(Cl)ccc2C#N)cc1OC. The zero-order chi connectivity index (χ0) is 19.8. The zero-order valence-electron chi connectivity index (χ0n) is 15.6. The van der Waals surface area contributed by atoms with Crippen molar-refractivity contribution in [3.05, 3.63) is 52.5 Å². The number of amides is 1. The van der Waals surface area contributed by atoms with Crippen LogP contribution < -0.4 is 19.7 Å². The second-order valence-corrected chi connectivity index (χ2v) is 6.61. The van der Waals surface area contributed by atoms with Gasteiger partial charge in [-0.2, -0.15) is 5.26 Å². The third kappa shape index (κ3) is 5.88. The van der Waals surface area contributed by atoms with E-state index in [4.69, 9.17) is 26.3 Å². The van der Waals surface area contributed by atoms with Gasteiger partial charge in [-0.05, 0) is 35.9 Å². The summed E-state index contributed by atoms with van der Waals surface area (Å²) >= 11 is 5.94. The maximum atomic E-state index is 12.3. The van der Waals surface area contributed by atoms with Crippen LogP contribution in [0.4, 0.5) is 5.69 Å². The predicted octanol–water partition coefficient (Wildman–Crippen LogP) is 1.92. The minimum atomic E-state index is -0.168. The quantitative estimate of drug-likeness (QED) is 0.724. The van der Waals surface area contributed by atoms with E-state index in [1.54, 1.807) is 32.4 Å². The van der Waals surface area contributed by atoms with E-state index < -0.39 is 0 Å². The number of nitrogens with zero attached hydrogens (tertiary/aromatic N) is 1. The van der Waals surface area contributed by atoms with Crippen LogP contribution in [0.1, 0.15) is 11.1 Å². The Morgan fingerprint density at radius 2 is 1.93 bits per heavy atom. The maximum Gasteiger partial charge on any atom is 0.279 e. The van der Waals surface area contributed by atoms with Crippen molar-refractivity contribution in [2.75, 3.05) is 39.7 Å². The Bertz CT molecular complexity index is 849. The molecule has 0 heterocycles. The Morgan fingerprint density at radius 3 is 2.59 bits per heavy atom. The number of hydrogen-bond acceptors (Lipinski definition) is 4. The molecule has 1 atom stereocenters. The van der Waals surface area contributed by atoms with Crippen molar-refractivity contribution >= 4 is 23.2 Å². The molecule has 142 valence electrons. The highest BCUT2D eigenvalue weighted by Gasteiger charge is 2.13. The van der Waals surface area contributed by atoms with Gasteiger partial charge in [-0.25, -0.2) is 0 Å². The van der Waals surface area contributed by atoms with Crippen molar-refractivity contribution in [3.8, 4) is 17.6 Å². The van der Waals surface area contributed by atoms with E-state index in [1.165, 1.54) is 0 Å². The second-order valence-electron chi connectivity index (χ2n) is 6.17. The smallest absolute Gasteiger partial charge is 0.279 e. The average Bonchev–Trinajstić information content (AvgIpc) is 2.66. The molecule has 2 N–H and O–H groups in total. The third-order valence-corrected chi connectivity index (χ3v) is 4.36. The normalized spacial score (nSPS) is 11.4. The standard InChI is InChI=1S/C20H22ClN3O3/c1-24(9-8-14-4-7-18(26-2)19(10-14)27-3)13-20(25)23-17-11-16(21)6-5-15(17)12-22/h4-7,10-11H,8-9,13H2,1-3H3,(H,23,25)/p+1. The number of hydrogen-bond donors (Lipinski definition) is 2. The van der Waals surface area contributed by atoms with Gasteiger partial charge in [-0.1, -0.05) is 17.7 Å². The lowest BCUT2D eigenvalue weighted by atomic mass is 10.1. The molecule has 2 aromatic carbocycles. The molecule has 27 heavy (non-hydrogen) atoms. The van der Waals surface area contributed by atoms with Crippen molar-refractivity contribution in [1.29, 1.82) is 5.26 Å². The Hall–Kier alpha value is -2.75. The van der Waals surface area contributed by atoms with E-state index >= 15 is 0 Å². The van der Waals surface area contributed by atoms with E-state index in [2.05, 4.69) is 5.32 Å². The van der Waals surface area contributed by atoms with Crippen molar-refractivity contribution in [1.82, 2.24) is 0 Å². The number of nitriles is 1. The fourth-order valence-electron chi connectivity index (χ4n) is 2.67. The molecule has 0 saturated heterocycles. The lowest BCUT2D eigenvalue weighted by Crippen LogP contribution is -3.10. The van der Waals surface area contributed by atoms with E-state index in [1.807, 2.05) is 31.3 Å². The van der Waals surface area contributed by atoms with Crippen LogP contribution in [-0.4, -0.2) is 40.3 Å². The van der Waals surface area contributed by atoms with Gasteiger partial charge in [0.05, 0.1) is 39.1 Å². The van der Waals surface area contributed by atoms with Crippen molar-refractivity contribution in [2.24, 2.45) is 0 Å². The molecule has 1 amide bonds. The molecule has 1 unspecified atom stereocenters. The number of benzene rings is 2. The summed E-state index contributed by atoms with van der Waals surface area (Å²) in [5.74, 6) is 1.21. The first kappa shape index (κ1) is 20.6. The first-order chi connectivity index (χ1) is 13.0. The van der Waals surface area contributed by atoms with Gasteiger partial charge in [0.15, 0.2) is 18.0 Å². The fraction of sp³-hybridized carbons (Fsp3) is 0.300. The minimum Gasteiger partial charge on any atom is -0.493 e. The lowest BCUT2D eigenvalue weighted by molar-refractivity contribution is -0.870. The van der Waals surface area contributed by atoms with Gasteiger partial charge < -0.3 is 19.7 Å². The van der Waals surface area contributed by atoms with Crippen LogP contribution >= 0.6 is 11.6 Å². The zero-order valence-corrected chi connectivity index (χ0v) is 16.4. The molecule has 6 nitrogen and oxygen atoms in total. The number of carbonyl (C=O) groups is 1. The van der Waals surface area contributed by atoms with E-state index in [9.17, 15) is 4.79 Å². The van der Waals surface area contributed by atoms with Crippen molar-refractivity contribution in [2.45, 2.75) is 6.42 Å². The second kappa shape index (κ2) is 9.81. The lowest BCUT2D eigenvalue weighted by Gasteiger charge is -2.15. The van der Waals surface area contributed by atoms with Gasteiger partial charge in [0.1, 0.15) is 6.07 Å². The number of halogens is 1. The van der Waals surface area contributed by atoms with Crippen LogP contribution in [0, 0.1) is 11.3 Å². The molecule has 0 aliphatic rings. The summed E-state index contributed by atoms with van der Waals surface area (Å²) in [6, 6.07) is 12.6. The van der Waals surface area contributed by atoms with Gasteiger partial charge >= 0.3 is 0 Å². The first-order valence-electron chi connectivity index (χ1n) is 8.48. The van der Waals surface area contributed by atoms with Gasteiger partial charge in [0.2, 0.25) is 0 Å². The number of rotatable bonds is 8. The third-order valence-electron chi connectivity index (χ3n) is 4.13. The topological polar surface area (TPSA) is 75.8 Å². The summed E-state index contributed by atoms with van der Waals surface area (Å²) < 4.78 is 10.6. The highest BCUT2D eigenvalue weighted by Crippen LogP contribution is 2.27. The molecular formula is C20H23ClN3O3+. The summed E-state index contributed by atoms with van der Waals surface area (Å²) in [6.45, 7) is 1.05. The highest BCUT2D eigenvalue weighted by molar-refractivity contribution is 6.31. The average molecular weight is 389 g/mol. The largest absolute Gasteiger partial charge is 0.493 e. The van der Waals surface area contributed by atoms with E-state index in [0.29, 0.717) is 27.8 Å². The van der Waals surface area contributed by atoms with E-state index in [-0.39, 0.29) is 12.5 Å². The molecule has 0 aromatic heterocycles. The fourth-order valence-corrected chi connectivity index (χ4v) is 2.84. The molecule has 2 aromatic rings. The van der Waals surface area contributed by atoms with Gasteiger partial charge in [0, 0.05) is 11.4 Å². The van der Waals surface area contributed by atoms with Crippen LogP contribution in [0.2, 0.25) is 5.02 Å². The molecule has 0 spiro atoms. The Balaban J connectivity index is 1.90. The highest BCUT2D eigenvalue weighted by atomic mass is 35.5. The van der Waals surface area contributed by atoms with Crippen LogP contribution in [0.15, 0.2) is 36.4 Å². The molecule has 0 aliphatic heterocycles. The number of anilines is 1. The number of nitrogens with one attached hydrogen (secondary N) is 2. The predicted molar refractivity (Wildman–Crippen MR) is 105 cm³/mol. The molecule has 7 heteroatoms. The molecule has 0 radical (unpaired) electrons.